The van der Waals surface area contributed by atoms with Gasteiger partial charge in [0.25, 0.3) is 0 Å². The minimum Gasteiger partial charge on any atom is -0.335 e. The van der Waals surface area contributed by atoms with E-state index in [1.807, 2.05) is 18.2 Å². The van der Waals surface area contributed by atoms with E-state index in [9.17, 15) is 9.59 Å². The molecule has 224 valence electrons. The summed E-state index contributed by atoms with van der Waals surface area (Å²) < 4.78 is 0. The van der Waals surface area contributed by atoms with Crippen LogP contribution in [0.4, 0.5) is 10.6 Å². The first kappa shape index (κ1) is 28.9. The minimum absolute atomic E-state index is 0.00386. The van der Waals surface area contributed by atoms with E-state index >= 15 is 0 Å². The van der Waals surface area contributed by atoms with E-state index in [-0.39, 0.29) is 39.1 Å². The van der Waals surface area contributed by atoms with Gasteiger partial charge in [0.15, 0.2) is 5.78 Å². The predicted molar refractivity (Wildman–Crippen MR) is 165 cm³/mol. The van der Waals surface area contributed by atoms with Crippen molar-refractivity contribution in [3.8, 4) is 0 Å². The van der Waals surface area contributed by atoms with Crippen molar-refractivity contribution in [2.45, 2.75) is 119 Å². The summed E-state index contributed by atoms with van der Waals surface area (Å²) >= 11 is 0. The SMILES string of the molecule is CC(C)C1=C2[C@H]3CC[C@@H]4[C@@]5(C)CCC(NC(=O)Nc6ccccn6)C(C)(C)[C@@H]5CC[C@@]4(C)[C@]3(C)CC[C@@]2(C)CC1=O. The third-order valence-electron chi connectivity index (χ3n) is 14.0. The van der Waals surface area contributed by atoms with Crippen LogP contribution in [0.3, 0.4) is 0 Å². The van der Waals surface area contributed by atoms with E-state index in [1.165, 1.54) is 37.7 Å². The molecule has 1 aromatic heterocycles. The third kappa shape index (κ3) is 4.03. The highest BCUT2D eigenvalue weighted by atomic mass is 16.2. The summed E-state index contributed by atoms with van der Waals surface area (Å²) in [6.07, 6.45) is 12.0. The first-order chi connectivity index (χ1) is 19.2. The Morgan fingerprint density at radius 1 is 0.902 bits per heavy atom. The van der Waals surface area contributed by atoms with Gasteiger partial charge in [-0.3, -0.25) is 10.1 Å². The second-order valence-electron chi connectivity index (χ2n) is 16.5. The van der Waals surface area contributed by atoms with Crippen LogP contribution >= 0.6 is 0 Å². The van der Waals surface area contributed by atoms with Gasteiger partial charge in [-0.25, -0.2) is 9.78 Å². The second-order valence-corrected chi connectivity index (χ2v) is 16.5. The number of fused-ring (bicyclic) bond motifs is 7. The highest BCUT2D eigenvalue weighted by Crippen LogP contribution is 2.76. The molecule has 5 aliphatic carbocycles. The maximum absolute atomic E-state index is 13.4. The van der Waals surface area contributed by atoms with Crippen LogP contribution < -0.4 is 10.6 Å². The molecule has 5 heteroatoms. The summed E-state index contributed by atoms with van der Waals surface area (Å²) in [4.78, 5) is 30.6. The summed E-state index contributed by atoms with van der Waals surface area (Å²) in [5, 5.41) is 6.31. The molecule has 2 amide bonds. The lowest BCUT2D eigenvalue weighted by molar-refractivity contribution is -0.215. The van der Waals surface area contributed by atoms with Crippen LogP contribution in [-0.2, 0) is 4.79 Å². The summed E-state index contributed by atoms with van der Waals surface area (Å²) in [6.45, 7) is 19.6. The van der Waals surface area contributed by atoms with Crippen LogP contribution in [0.15, 0.2) is 35.5 Å². The Kier molecular flexibility index (Phi) is 6.64. The number of hydrogen-bond acceptors (Lipinski definition) is 3. The van der Waals surface area contributed by atoms with Gasteiger partial charge < -0.3 is 5.32 Å². The van der Waals surface area contributed by atoms with Crippen LogP contribution in [-0.4, -0.2) is 22.8 Å². The van der Waals surface area contributed by atoms with Crippen molar-refractivity contribution >= 4 is 17.6 Å². The lowest BCUT2D eigenvalue weighted by Gasteiger charge is -2.72. The zero-order chi connectivity index (χ0) is 29.6. The fourth-order valence-electron chi connectivity index (χ4n) is 11.9. The summed E-state index contributed by atoms with van der Waals surface area (Å²) in [5.74, 6) is 3.11. The number of aromatic nitrogens is 1. The average molecular weight is 560 g/mol. The van der Waals surface area contributed by atoms with Gasteiger partial charge in [-0.05, 0) is 120 Å². The van der Waals surface area contributed by atoms with Gasteiger partial charge >= 0.3 is 6.03 Å². The van der Waals surface area contributed by atoms with Crippen molar-refractivity contribution in [1.82, 2.24) is 10.3 Å². The standard InChI is InChI=1S/C36H53N3O2/c1-22(2)29-24(40)21-33(5)18-19-35(7)23(30(29)33)12-13-26-34(6)16-15-27(32(3,4)25(34)14-17-36(26,35)8)38-31(41)39-28-11-9-10-20-37-28/h9-11,20,22-23,25-27H,12-19,21H2,1-8H3,(H2,37,38,39,41)/t23-,25+,26-,27?,33+,34+,35-,36-/m1/s1. The third-order valence-corrected chi connectivity index (χ3v) is 14.0. The Bertz CT molecular complexity index is 1270. The van der Waals surface area contributed by atoms with E-state index in [1.54, 1.807) is 11.8 Å². The van der Waals surface area contributed by atoms with Crippen LogP contribution in [0.25, 0.3) is 0 Å². The van der Waals surface area contributed by atoms with Crippen LogP contribution in [0.2, 0.25) is 0 Å². The maximum atomic E-state index is 13.4. The number of Topliss-reactive ketones (excluding diaryl/α,β-unsaturated/α-hetero) is 1. The monoisotopic (exact) mass is 559 g/mol. The normalized spacial score (nSPS) is 43.1. The minimum atomic E-state index is -0.148. The van der Waals surface area contributed by atoms with Crippen molar-refractivity contribution in [2.75, 3.05) is 5.32 Å². The fraction of sp³-hybridized carbons (Fsp3) is 0.750. The number of nitrogens with zero attached hydrogens (tertiary/aromatic N) is 1. The largest absolute Gasteiger partial charge is 0.335 e. The van der Waals surface area contributed by atoms with Gasteiger partial charge in [-0.2, -0.15) is 0 Å². The number of rotatable bonds is 3. The molecule has 8 atom stereocenters. The van der Waals surface area contributed by atoms with Crippen molar-refractivity contribution in [2.24, 2.45) is 50.7 Å². The summed E-state index contributed by atoms with van der Waals surface area (Å²) in [7, 11) is 0. The van der Waals surface area contributed by atoms with Gasteiger partial charge in [0.05, 0.1) is 0 Å². The number of amides is 2. The van der Waals surface area contributed by atoms with Gasteiger partial charge in [0.1, 0.15) is 5.82 Å². The number of carbonyl (C=O) groups excluding carboxylic acids is 2. The lowest BCUT2D eigenvalue weighted by Crippen LogP contribution is -2.66. The first-order valence-corrected chi connectivity index (χ1v) is 16.4. The first-order valence-electron chi connectivity index (χ1n) is 16.4. The number of anilines is 1. The molecule has 0 radical (unpaired) electrons. The van der Waals surface area contributed by atoms with Crippen molar-refractivity contribution in [3.63, 3.8) is 0 Å². The summed E-state index contributed by atoms with van der Waals surface area (Å²) in [5.41, 5.74) is 3.59. The molecule has 1 unspecified atom stereocenters. The number of pyridine rings is 1. The molecule has 41 heavy (non-hydrogen) atoms. The van der Waals surface area contributed by atoms with E-state index < -0.39 is 0 Å². The van der Waals surface area contributed by atoms with Gasteiger partial charge in [0.2, 0.25) is 0 Å². The zero-order valence-corrected chi connectivity index (χ0v) is 26.8. The highest BCUT2D eigenvalue weighted by molar-refractivity contribution is 6.00. The average Bonchev–Trinajstić information content (AvgIpc) is 3.17. The molecule has 4 fully saturated rings. The quantitative estimate of drug-likeness (QED) is 0.390. The molecule has 0 aliphatic heterocycles. The Morgan fingerprint density at radius 2 is 1.66 bits per heavy atom. The lowest BCUT2D eigenvalue weighted by atomic mass is 9.33. The summed E-state index contributed by atoms with van der Waals surface area (Å²) in [6, 6.07) is 5.57. The molecule has 2 N–H and O–H groups in total. The van der Waals surface area contributed by atoms with Crippen LogP contribution in [0.1, 0.15) is 113 Å². The Morgan fingerprint density at radius 3 is 2.34 bits per heavy atom. The van der Waals surface area contributed by atoms with Crippen molar-refractivity contribution in [3.05, 3.63) is 35.5 Å². The molecule has 0 spiro atoms. The molecular formula is C36H53N3O2. The topological polar surface area (TPSA) is 71.1 Å². The van der Waals surface area contributed by atoms with Crippen molar-refractivity contribution in [1.29, 1.82) is 0 Å². The number of allylic oxidation sites excluding steroid dienone is 2. The van der Waals surface area contributed by atoms with E-state index in [2.05, 4.69) is 71.0 Å². The Labute approximate surface area is 248 Å². The van der Waals surface area contributed by atoms with E-state index in [4.69, 9.17) is 0 Å². The molecule has 1 heterocycles. The van der Waals surface area contributed by atoms with Gasteiger partial charge in [-0.15, -0.1) is 0 Å². The smallest absolute Gasteiger partial charge is 0.320 e. The highest BCUT2D eigenvalue weighted by Gasteiger charge is 2.69. The number of carbonyl (C=O) groups is 2. The number of hydrogen-bond donors (Lipinski definition) is 2. The molecule has 5 aliphatic rings. The van der Waals surface area contributed by atoms with Crippen molar-refractivity contribution < 1.29 is 9.59 Å². The fourth-order valence-corrected chi connectivity index (χ4v) is 11.9. The number of ketones is 1. The molecule has 0 aromatic carbocycles. The predicted octanol–water partition coefficient (Wildman–Crippen LogP) is 8.57. The van der Waals surface area contributed by atoms with E-state index in [0.717, 1.165) is 25.7 Å². The molecule has 5 nitrogen and oxygen atoms in total. The molecule has 1 aromatic rings. The molecule has 6 rings (SSSR count). The Balaban J connectivity index is 1.28. The molecular weight excluding hydrogens is 506 g/mol. The number of nitrogens with one attached hydrogen (secondary N) is 2. The molecule has 0 saturated heterocycles. The Hall–Kier alpha value is -2.17. The maximum Gasteiger partial charge on any atom is 0.320 e. The van der Waals surface area contributed by atoms with Crippen LogP contribution in [0, 0.1) is 50.7 Å². The van der Waals surface area contributed by atoms with Gasteiger partial charge in [0, 0.05) is 18.7 Å². The zero-order valence-electron chi connectivity index (χ0n) is 26.8. The van der Waals surface area contributed by atoms with Gasteiger partial charge in [-0.1, -0.05) is 67.0 Å². The molecule has 4 saturated carbocycles. The van der Waals surface area contributed by atoms with Crippen LogP contribution in [0.5, 0.6) is 0 Å². The number of urea groups is 1. The second kappa shape index (κ2) is 9.41. The molecule has 0 bridgehead atoms. The van der Waals surface area contributed by atoms with E-state index in [0.29, 0.717) is 35.3 Å².